The Morgan fingerprint density at radius 3 is 3.05 bits per heavy atom. The summed E-state index contributed by atoms with van der Waals surface area (Å²) >= 11 is 0. The number of nitrogens with two attached hydrogens (primary N) is 1. The van der Waals surface area contributed by atoms with E-state index < -0.39 is 6.04 Å². The first kappa shape index (κ1) is 14.5. The van der Waals surface area contributed by atoms with E-state index in [2.05, 4.69) is 26.8 Å². The molecule has 1 amide bonds. The Labute approximate surface area is 119 Å². The van der Waals surface area contributed by atoms with Gasteiger partial charge in [0.05, 0.1) is 6.04 Å². The van der Waals surface area contributed by atoms with Gasteiger partial charge in [-0.05, 0) is 25.3 Å². The van der Waals surface area contributed by atoms with Crippen molar-refractivity contribution in [1.29, 1.82) is 0 Å². The highest BCUT2D eigenvalue weighted by atomic mass is 16.2. The second kappa shape index (κ2) is 7.00. The Hall–Kier alpha value is -1.95. The Morgan fingerprint density at radius 1 is 1.60 bits per heavy atom. The summed E-state index contributed by atoms with van der Waals surface area (Å²) in [5.74, 6) is 0.590. The van der Waals surface area contributed by atoms with Crippen LogP contribution in [0.25, 0.3) is 0 Å². The standard InChI is InChI=1S/C14H21N5O/c1-2-5-12(15)13(20)18-11-6-3-9-19(10-11)14-16-7-4-8-17-14/h2,4,7-8,11-12H,1,3,5-6,9-10,15H2,(H,18,20). The van der Waals surface area contributed by atoms with Crippen molar-refractivity contribution in [2.24, 2.45) is 5.73 Å². The molecule has 1 saturated heterocycles. The second-order valence-electron chi connectivity index (χ2n) is 4.97. The number of anilines is 1. The maximum Gasteiger partial charge on any atom is 0.237 e. The van der Waals surface area contributed by atoms with Crippen LogP contribution in [-0.2, 0) is 4.79 Å². The van der Waals surface area contributed by atoms with E-state index in [1.807, 2.05) is 0 Å². The van der Waals surface area contributed by atoms with Gasteiger partial charge in [0.1, 0.15) is 0 Å². The minimum absolute atomic E-state index is 0.0934. The Bertz CT molecular complexity index is 450. The van der Waals surface area contributed by atoms with Gasteiger partial charge in [-0.15, -0.1) is 6.58 Å². The van der Waals surface area contributed by atoms with Crippen molar-refractivity contribution in [3.8, 4) is 0 Å². The van der Waals surface area contributed by atoms with Crippen LogP contribution in [-0.4, -0.2) is 41.0 Å². The van der Waals surface area contributed by atoms with Crippen molar-refractivity contribution in [2.75, 3.05) is 18.0 Å². The zero-order valence-electron chi connectivity index (χ0n) is 11.5. The number of hydrogen-bond donors (Lipinski definition) is 2. The molecule has 20 heavy (non-hydrogen) atoms. The van der Waals surface area contributed by atoms with Gasteiger partial charge in [-0.25, -0.2) is 9.97 Å². The van der Waals surface area contributed by atoms with Gasteiger partial charge in [0.25, 0.3) is 0 Å². The summed E-state index contributed by atoms with van der Waals surface area (Å²) < 4.78 is 0. The van der Waals surface area contributed by atoms with Crippen LogP contribution in [0.3, 0.4) is 0 Å². The normalized spacial score (nSPS) is 20.2. The minimum atomic E-state index is -0.518. The molecule has 6 heteroatoms. The van der Waals surface area contributed by atoms with Gasteiger partial charge < -0.3 is 16.0 Å². The first-order valence-electron chi connectivity index (χ1n) is 6.89. The molecule has 1 fully saturated rings. The second-order valence-corrected chi connectivity index (χ2v) is 4.97. The molecular formula is C14H21N5O. The summed E-state index contributed by atoms with van der Waals surface area (Å²) in [6, 6.07) is 1.37. The fourth-order valence-electron chi connectivity index (χ4n) is 2.33. The highest BCUT2D eigenvalue weighted by Crippen LogP contribution is 2.15. The number of nitrogens with zero attached hydrogens (tertiary/aromatic N) is 3. The zero-order chi connectivity index (χ0) is 14.4. The van der Waals surface area contributed by atoms with Gasteiger partial charge in [-0.2, -0.15) is 0 Å². The molecule has 2 atom stereocenters. The fourth-order valence-corrected chi connectivity index (χ4v) is 2.33. The van der Waals surface area contributed by atoms with Crippen molar-refractivity contribution in [3.05, 3.63) is 31.1 Å². The predicted octanol–water partition coefficient (Wildman–Crippen LogP) is 0.465. The van der Waals surface area contributed by atoms with Crippen molar-refractivity contribution in [1.82, 2.24) is 15.3 Å². The molecule has 6 nitrogen and oxygen atoms in total. The molecule has 1 aliphatic rings. The Morgan fingerprint density at radius 2 is 2.35 bits per heavy atom. The molecule has 0 aliphatic carbocycles. The van der Waals surface area contributed by atoms with Crippen LogP contribution in [0.15, 0.2) is 31.1 Å². The van der Waals surface area contributed by atoms with E-state index in [1.165, 1.54) is 0 Å². The molecule has 2 heterocycles. The SMILES string of the molecule is C=CCC(N)C(=O)NC1CCCN(c2ncccn2)C1. The lowest BCUT2D eigenvalue weighted by atomic mass is 10.1. The largest absolute Gasteiger partial charge is 0.350 e. The van der Waals surface area contributed by atoms with Gasteiger partial charge >= 0.3 is 0 Å². The van der Waals surface area contributed by atoms with Crippen molar-refractivity contribution in [2.45, 2.75) is 31.3 Å². The molecular weight excluding hydrogens is 254 g/mol. The molecule has 0 aromatic carbocycles. The molecule has 0 bridgehead atoms. The third-order valence-corrected chi connectivity index (χ3v) is 3.36. The Balaban J connectivity index is 1.91. The number of aromatic nitrogens is 2. The van der Waals surface area contributed by atoms with Crippen molar-refractivity contribution >= 4 is 11.9 Å². The Kier molecular flexibility index (Phi) is 5.06. The van der Waals surface area contributed by atoms with Crippen LogP contribution in [0.2, 0.25) is 0 Å². The molecule has 3 N–H and O–H groups in total. The molecule has 0 spiro atoms. The first-order chi connectivity index (χ1) is 9.70. The quantitative estimate of drug-likeness (QED) is 0.763. The van der Waals surface area contributed by atoms with Gasteiger partial charge in [0.15, 0.2) is 0 Å². The lowest BCUT2D eigenvalue weighted by molar-refractivity contribution is -0.123. The number of hydrogen-bond acceptors (Lipinski definition) is 5. The van der Waals surface area contributed by atoms with Gasteiger partial charge in [-0.3, -0.25) is 4.79 Å². The van der Waals surface area contributed by atoms with Crippen LogP contribution in [0.4, 0.5) is 5.95 Å². The summed E-state index contributed by atoms with van der Waals surface area (Å²) in [5.41, 5.74) is 5.77. The number of piperidine rings is 1. The van der Waals surface area contributed by atoms with Crippen molar-refractivity contribution < 1.29 is 4.79 Å². The smallest absolute Gasteiger partial charge is 0.237 e. The number of carbonyl (C=O) groups is 1. The average molecular weight is 275 g/mol. The van der Waals surface area contributed by atoms with Gasteiger partial charge in [0.2, 0.25) is 11.9 Å². The minimum Gasteiger partial charge on any atom is -0.350 e. The number of amides is 1. The highest BCUT2D eigenvalue weighted by Gasteiger charge is 2.24. The van der Waals surface area contributed by atoms with Gasteiger partial charge in [-0.1, -0.05) is 6.08 Å². The van der Waals surface area contributed by atoms with E-state index in [0.717, 1.165) is 25.9 Å². The summed E-state index contributed by atoms with van der Waals surface area (Å²) in [6.45, 7) is 5.23. The third kappa shape index (κ3) is 3.77. The molecule has 1 aromatic heterocycles. The maximum atomic E-state index is 11.9. The summed E-state index contributed by atoms with van der Waals surface area (Å²) in [5, 5.41) is 2.99. The fraction of sp³-hybridized carbons (Fsp3) is 0.500. The van der Waals surface area contributed by atoms with Crippen LogP contribution in [0.5, 0.6) is 0 Å². The number of nitrogens with one attached hydrogen (secondary N) is 1. The maximum absolute atomic E-state index is 11.9. The summed E-state index contributed by atoms with van der Waals surface area (Å²) in [4.78, 5) is 22.5. The lowest BCUT2D eigenvalue weighted by Gasteiger charge is -2.33. The van der Waals surface area contributed by atoms with E-state index in [-0.39, 0.29) is 11.9 Å². The van der Waals surface area contributed by atoms with E-state index >= 15 is 0 Å². The van der Waals surface area contributed by atoms with E-state index in [0.29, 0.717) is 12.4 Å². The van der Waals surface area contributed by atoms with Crippen LogP contribution < -0.4 is 16.0 Å². The van der Waals surface area contributed by atoms with Gasteiger partial charge in [0, 0.05) is 31.5 Å². The molecule has 2 unspecified atom stereocenters. The van der Waals surface area contributed by atoms with Crippen LogP contribution in [0, 0.1) is 0 Å². The number of carbonyl (C=O) groups excluding carboxylic acids is 1. The zero-order valence-corrected chi connectivity index (χ0v) is 11.5. The number of rotatable bonds is 5. The summed E-state index contributed by atoms with van der Waals surface area (Å²) in [7, 11) is 0. The molecule has 1 aromatic rings. The lowest BCUT2D eigenvalue weighted by Crippen LogP contribution is -2.52. The first-order valence-corrected chi connectivity index (χ1v) is 6.89. The average Bonchev–Trinajstić information content (AvgIpc) is 2.48. The van der Waals surface area contributed by atoms with Crippen LogP contribution >= 0.6 is 0 Å². The molecule has 2 rings (SSSR count). The molecule has 108 valence electrons. The monoisotopic (exact) mass is 275 g/mol. The molecule has 0 saturated carbocycles. The van der Waals surface area contributed by atoms with E-state index in [9.17, 15) is 4.79 Å². The molecule has 1 aliphatic heterocycles. The topological polar surface area (TPSA) is 84.1 Å². The predicted molar refractivity (Wildman–Crippen MR) is 78.2 cm³/mol. The third-order valence-electron chi connectivity index (χ3n) is 3.36. The highest BCUT2D eigenvalue weighted by molar-refractivity contribution is 5.82. The summed E-state index contributed by atoms with van der Waals surface area (Å²) in [6.07, 6.45) is 7.56. The molecule has 0 radical (unpaired) electrons. The van der Waals surface area contributed by atoms with E-state index in [4.69, 9.17) is 5.73 Å². The van der Waals surface area contributed by atoms with E-state index in [1.54, 1.807) is 24.5 Å². The van der Waals surface area contributed by atoms with Crippen LogP contribution in [0.1, 0.15) is 19.3 Å². The van der Waals surface area contributed by atoms with Crippen molar-refractivity contribution in [3.63, 3.8) is 0 Å².